The summed E-state index contributed by atoms with van der Waals surface area (Å²) in [7, 11) is 0. The highest BCUT2D eigenvalue weighted by atomic mass is 16.4. The van der Waals surface area contributed by atoms with Gasteiger partial charge in [0, 0.05) is 0 Å². The van der Waals surface area contributed by atoms with E-state index in [2.05, 4.69) is 6.92 Å². The molecule has 114 valence electrons. The number of carboxylic acid groups (broad SMARTS) is 1. The maximum atomic E-state index is 10.8. The minimum Gasteiger partial charge on any atom is -0.480 e. The summed E-state index contributed by atoms with van der Waals surface area (Å²) in [4.78, 5) is 10.8. The summed E-state index contributed by atoms with van der Waals surface area (Å²) in [5.41, 5.74) is 0. The van der Waals surface area contributed by atoms with Crippen molar-refractivity contribution in [2.24, 2.45) is 11.7 Å². The van der Waals surface area contributed by atoms with E-state index < -0.39 is 12.0 Å². The molecule has 0 rings (SSSR count). The van der Waals surface area contributed by atoms with Crippen molar-refractivity contribution >= 4 is 5.97 Å². The zero-order valence-corrected chi connectivity index (χ0v) is 12.3. The molecular weight excluding hydrogens is 242 g/mol. The Morgan fingerprint density at radius 2 is 1.37 bits per heavy atom. The van der Waals surface area contributed by atoms with E-state index in [4.69, 9.17) is 16.8 Å². The normalized spacial score (nSPS) is 12.8. The van der Waals surface area contributed by atoms with Gasteiger partial charge >= 0.3 is 5.97 Å². The van der Waals surface area contributed by atoms with Crippen LogP contribution in [0.5, 0.6) is 0 Å². The molecule has 0 aromatic rings. The van der Waals surface area contributed by atoms with Gasteiger partial charge in [0.2, 0.25) is 0 Å². The lowest BCUT2D eigenvalue weighted by atomic mass is 10.0. The van der Waals surface area contributed by atoms with E-state index in [0.717, 1.165) is 18.0 Å². The van der Waals surface area contributed by atoms with Gasteiger partial charge in [-0.25, -0.2) is 0 Å². The van der Waals surface area contributed by atoms with Crippen molar-refractivity contribution in [1.82, 2.24) is 5.12 Å². The topological polar surface area (TPSA) is 92.6 Å². The van der Waals surface area contributed by atoms with Gasteiger partial charge in [-0.05, 0) is 6.42 Å². The van der Waals surface area contributed by atoms with Crippen LogP contribution in [0.4, 0.5) is 0 Å². The van der Waals surface area contributed by atoms with Gasteiger partial charge in [0.15, 0.2) is 0 Å². The molecule has 0 heterocycles. The molecule has 5 heteroatoms. The van der Waals surface area contributed by atoms with E-state index in [-0.39, 0.29) is 0 Å². The third-order valence-corrected chi connectivity index (χ3v) is 3.48. The predicted molar refractivity (Wildman–Crippen MR) is 78.1 cm³/mol. The number of hydrogen-bond donors (Lipinski definition) is 3. The van der Waals surface area contributed by atoms with Crippen LogP contribution in [0.3, 0.4) is 0 Å². The number of carboxylic acids is 1. The summed E-state index contributed by atoms with van der Waals surface area (Å²) in [6.45, 7) is 2.23. The summed E-state index contributed by atoms with van der Waals surface area (Å²) < 4.78 is 0. The van der Waals surface area contributed by atoms with Crippen molar-refractivity contribution < 1.29 is 9.90 Å². The van der Waals surface area contributed by atoms with Crippen LogP contribution in [0.15, 0.2) is 0 Å². The van der Waals surface area contributed by atoms with Gasteiger partial charge in [-0.2, -0.15) is 5.12 Å². The van der Waals surface area contributed by atoms with Crippen LogP contribution >= 0.6 is 0 Å². The van der Waals surface area contributed by atoms with E-state index >= 15 is 0 Å². The Balaban J connectivity index is 3.32. The van der Waals surface area contributed by atoms with E-state index in [1.54, 1.807) is 0 Å². The third kappa shape index (κ3) is 10.9. The Labute approximate surface area is 117 Å². The van der Waals surface area contributed by atoms with Gasteiger partial charge in [0.05, 0.1) is 0 Å². The van der Waals surface area contributed by atoms with Crippen molar-refractivity contribution in [3.8, 4) is 0 Å². The second-order valence-electron chi connectivity index (χ2n) is 5.27. The molecule has 0 aliphatic carbocycles. The summed E-state index contributed by atoms with van der Waals surface area (Å²) in [5.74, 6) is 9.63. The van der Waals surface area contributed by atoms with Gasteiger partial charge in [-0.1, -0.05) is 71.1 Å². The number of aliphatic carboxylic acids is 1. The number of nitrogens with two attached hydrogens (primary N) is 2. The quantitative estimate of drug-likeness (QED) is 0.272. The van der Waals surface area contributed by atoms with Gasteiger partial charge in [0.1, 0.15) is 6.04 Å². The third-order valence-electron chi connectivity index (χ3n) is 3.48. The first-order chi connectivity index (χ1) is 9.09. The molecule has 0 saturated heterocycles. The van der Waals surface area contributed by atoms with Crippen LogP contribution in [-0.2, 0) is 4.79 Å². The number of rotatable bonds is 13. The molecule has 0 spiro atoms. The van der Waals surface area contributed by atoms with E-state index in [1.165, 1.54) is 51.4 Å². The van der Waals surface area contributed by atoms with Crippen LogP contribution in [0.1, 0.15) is 77.6 Å². The molecule has 5 nitrogen and oxygen atoms in total. The minimum atomic E-state index is -0.944. The average Bonchev–Trinajstić information content (AvgIpc) is 2.35. The summed E-state index contributed by atoms with van der Waals surface area (Å²) >= 11 is 0. The Kier molecular flexibility index (Phi) is 12.0. The van der Waals surface area contributed by atoms with Crippen molar-refractivity contribution in [1.29, 1.82) is 0 Å². The number of carbonyl (C=O) groups is 1. The Morgan fingerprint density at radius 1 is 0.947 bits per heavy atom. The highest BCUT2D eigenvalue weighted by Gasteiger charge is 2.19. The highest BCUT2D eigenvalue weighted by molar-refractivity contribution is 5.73. The lowest BCUT2D eigenvalue weighted by Crippen LogP contribution is -2.50. The molecule has 19 heavy (non-hydrogen) atoms. The zero-order chi connectivity index (χ0) is 14.5. The monoisotopic (exact) mass is 273 g/mol. The number of hydrazine groups is 2. The Hall–Kier alpha value is -0.650. The van der Waals surface area contributed by atoms with Crippen LogP contribution in [0.2, 0.25) is 0 Å². The molecule has 0 aromatic heterocycles. The molecule has 0 aromatic carbocycles. The summed E-state index contributed by atoms with van der Waals surface area (Å²) in [6, 6.07) is -0.756. The first-order valence-corrected chi connectivity index (χ1v) is 7.61. The average molecular weight is 273 g/mol. The minimum absolute atomic E-state index is 0.527. The fourth-order valence-corrected chi connectivity index (χ4v) is 2.23. The molecule has 1 unspecified atom stereocenters. The molecule has 0 saturated carbocycles. The molecule has 5 N–H and O–H groups in total. The lowest BCUT2D eigenvalue weighted by molar-refractivity contribution is -0.143. The smallest absolute Gasteiger partial charge is 0.323 e. The van der Waals surface area contributed by atoms with Crippen LogP contribution in [0, 0.1) is 0 Å². The van der Waals surface area contributed by atoms with Crippen LogP contribution in [0.25, 0.3) is 0 Å². The molecule has 0 fully saturated rings. The predicted octanol–water partition coefficient (Wildman–Crippen LogP) is 2.80. The largest absolute Gasteiger partial charge is 0.480 e. The maximum absolute atomic E-state index is 10.8. The van der Waals surface area contributed by atoms with E-state index in [0.29, 0.717) is 6.42 Å². The van der Waals surface area contributed by atoms with Gasteiger partial charge in [-0.15, -0.1) is 0 Å². The van der Waals surface area contributed by atoms with Crippen molar-refractivity contribution in [2.75, 3.05) is 0 Å². The Bertz CT molecular complexity index is 223. The standard InChI is InChI=1S/C14H31N3O2/c1-2-3-4-5-6-7-8-9-10-11-12-13(14(18)19)17(15)16/h13H,2-12,15-16H2,1H3,(H,18,19). The second-order valence-corrected chi connectivity index (χ2v) is 5.27. The first kappa shape index (κ1) is 18.4. The molecule has 1 atom stereocenters. The number of hydrogen-bond acceptors (Lipinski definition) is 4. The zero-order valence-electron chi connectivity index (χ0n) is 12.3. The summed E-state index contributed by atoms with van der Waals surface area (Å²) in [6.07, 6.45) is 12.9. The molecule has 0 radical (unpaired) electrons. The van der Waals surface area contributed by atoms with Gasteiger partial charge in [-0.3, -0.25) is 16.5 Å². The van der Waals surface area contributed by atoms with Gasteiger partial charge < -0.3 is 5.11 Å². The molecule has 0 aliphatic rings. The second kappa shape index (κ2) is 12.4. The summed E-state index contributed by atoms with van der Waals surface area (Å²) in [5, 5.41) is 9.69. The van der Waals surface area contributed by atoms with E-state index in [1.807, 2.05) is 0 Å². The van der Waals surface area contributed by atoms with Gasteiger partial charge in [0.25, 0.3) is 0 Å². The Morgan fingerprint density at radius 3 is 1.74 bits per heavy atom. The van der Waals surface area contributed by atoms with Crippen LogP contribution in [-0.4, -0.2) is 22.2 Å². The van der Waals surface area contributed by atoms with Crippen molar-refractivity contribution in [2.45, 2.75) is 83.6 Å². The van der Waals surface area contributed by atoms with Crippen molar-refractivity contribution in [3.63, 3.8) is 0 Å². The lowest BCUT2D eigenvalue weighted by Gasteiger charge is -2.18. The van der Waals surface area contributed by atoms with E-state index in [9.17, 15) is 4.79 Å². The maximum Gasteiger partial charge on any atom is 0.323 e. The first-order valence-electron chi connectivity index (χ1n) is 7.61. The van der Waals surface area contributed by atoms with Crippen LogP contribution < -0.4 is 11.7 Å². The fourth-order valence-electron chi connectivity index (χ4n) is 2.23. The number of nitrogens with zero attached hydrogens (tertiary/aromatic N) is 1. The molecular formula is C14H31N3O2. The SMILES string of the molecule is CCCCCCCCCCCCC(C(=O)O)N(N)N. The van der Waals surface area contributed by atoms with Crippen molar-refractivity contribution in [3.05, 3.63) is 0 Å². The number of unbranched alkanes of at least 4 members (excludes halogenated alkanes) is 9. The molecule has 0 aliphatic heterocycles. The fraction of sp³-hybridized carbons (Fsp3) is 0.929. The molecule has 0 amide bonds. The highest BCUT2D eigenvalue weighted by Crippen LogP contribution is 2.12. The molecule has 0 bridgehead atoms.